The number of non-ortho nitro benzene ring substituents is 1. The molecule has 0 unspecified atom stereocenters. The van der Waals surface area contributed by atoms with E-state index in [-0.39, 0.29) is 16.3 Å². The van der Waals surface area contributed by atoms with Crippen molar-refractivity contribution in [2.45, 2.75) is 32.1 Å². The maximum absolute atomic E-state index is 12.2. The summed E-state index contributed by atoms with van der Waals surface area (Å²) in [5.74, 6) is -0.412. The van der Waals surface area contributed by atoms with E-state index < -0.39 is 10.8 Å². The molecule has 0 spiro atoms. The van der Waals surface area contributed by atoms with Gasteiger partial charge in [0.15, 0.2) is 0 Å². The Kier molecular flexibility index (Phi) is 5.11. The number of nitro benzene ring substituents is 1. The molecule has 1 aliphatic carbocycles. The predicted molar refractivity (Wildman–Crippen MR) is 92.9 cm³/mol. The minimum Gasteiger partial charge on any atom is -0.352 e. The molecule has 24 heavy (non-hydrogen) atoms. The lowest BCUT2D eigenvalue weighted by Crippen LogP contribution is -2.26. The average molecular weight is 366 g/mol. The number of rotatable bonds is 5. The second-order valence-corrected chi connectivity index (χ2v) is 7.19. The van der Waals surface area contributed by atoms with Crippen LogP contribution in [0.4, 0.5) is 5.69 Å². The number of nitrogens with zero attached hydrogens (tertiary/aromatic N) is 2. The molecular weight excluding hydrogens is 350 g/mol. The van der Waals surface area contributed by atoms with Crippen LogP contribution in [0, 0.1) is 10.1 Å². The third-order valence-electron chi connectivity index (χ3n) is 3.92. The van der Waals surface area contributed by atoms with Crippen LogP contribution in [-0.2, 0) is 19.3 Å². The van der Waals surface area contributed by atoms with Gasteiger partial charge in [0, 0.05) is 30.0 Å². The number of amides is 1. The van der Waals surface area contributed by atoms with E-state index in [0.717, 1.165) is 17.8 Å². The summed E-state index contributed by atoms with van der Waals surface area (Å²) < 4.78 is 0. The monoisotopic (exact) mass is 365 g/mol. The molecule has 1 aromatic heterocycles. The number of nitrogens with one attached hydrogen (secondary N) is 1. The summed E-state index contributed by atoms with van der Waals surface area (Å²) in [6.07, 6.45) is 5.20. The van der Waals surface area contributed by atoms with E-state index in [9.17, 15) is 14.9 Å². The summed E-state index contributed by atoms with van der Waals surface area (Å²) in [6, 6.07) is 3.84. The van der Waals surface area contributed by atoms with E-state index >= 15 is 0 Å². The van der Waals surface area contributed by atoms with Crippen LogP contribution in [0.1, 0.15) is 38.8 Å². The Bertz CT molecular complexity index is 767. The topological polar surface area (TPSA) is 85.1 Å². The van der Waals surface area contributed by atoms with Crippen LogP contribution in [0.2, 0.25) is 5.02 Å². The number of aryl methyl sites for hydroxylation is 2. The zero-order valence-corrected chi connectivity index (χ0v) is 14.5. The summed E-state index contributed by atoms with van der Waals surface area (Å²) >= 11 is 7.68. The molecule has 1 aromatic carbocycles. The zero-order chi connectivity index (χ0) is 17.1. The van der Waals surface area contributed by atoms with E-state index in [1.807, 2.05) is 0 Å². The van der Waals surface area contributed by atoms with E-state index in [1.54, 1.807) is 11.3 Å². The van der Waals surface area contributed by atoms with Gasteiger partial charge >= 0.3 is 0 Å². The number of nitro groups is 1. The third-order valence-corrected chi connectivity index (χ3v) is 5.47. The fourth-order valence-electron chi connectivity index (χ4n) is 2.69. The lowest BCUT2D eigenvalue weighted by atomic mass is 10.0. The van der Waals surface area contributed by atoms with Crippen LogP contribution >= 0.6 is 22.9 Å². The Hall–Kier alpha value is -1.99. The van der Waals surface area contributed by atoms with Crippen LogP contribution in [0.3, 0.4) is 0 Å². The Morgan fingerprint density at radius 1 is 1.38 bits per heavy atom. The number of carbonyl (C=O) groups excluding carboxylic acids is 1. The lowest BCUT2D eigenvalue weighted by Gasteiger charge is -2.06. The van der Waals surface area contributed by atoms with Crippen LogP contribution in [0.15, 0.2) is 18.2 Å². The van der Waals surface area contributed by atoms with Crippen molar-refractivity contribution in [2.24, 2.45) is 0 Å². The largest absolute Gasteiger partial charge is 0.352 e. The summed E-state index contributed by atoms with van der Waals surface area (Å²) in [7, 11) is 0. The molecule has 126 valence electrons. The molecule has 0 radical (unpaired) electrons. The molecule has 1 heterocycles. The van der Waals surface area contributed by atoms with E-state index in [0.29, 0.717) is 13.0 Å². The van der Waals surface area contributed by atoms with Gasteiger partial charge in [-0.3, -0.25) is 14.9 Å². The Labute approximate surface area is 148 Å². The molecule has 1 amide bonds. The standard InChI is InChI=1S/C16H16ClN3O3S/c17-12-6-5-10(20(22)23)9-11(12)16(21)18-8-7-15-19-13-3-1-2-4-14(13)24-15/h5-6,9H,1-4,7-8H2,(H,18,21). The molecule has 3 rings (SSSR count). The molecule has 1 aliphatic rings. The molecule has 1 N–H and O–H groups in total. The second kappa shape index (κ2) is 7.27. The summed E-state index contributed by atoms with van der Waals surface area (Å²) in [4.78, 5) is 28.4. The Balaban J connectivity index is 1.60. The van der Waals surface area contributed by atoms with Crippen molar-refractivity contribution in [3.05, 3.63) is 54.5 Å². The molecule has 0 bridgehead atoms. The maximum atomic E-state index is 12.2. The number of hydrogen-bond acceptors (Lipinski definition) is 5. The van der Waals surface area contributed by atoms with Crippen molar-refractivity contribution in [3.8, 4) is 0 Å². The maximum Gasteiger partial charge on any atom is 0.270 e. The van der Waals surface area contributed by atoms with E-state index in [1.165, 1.54) is 41.6 Å². The van der Waals surface area contributed by atoms with Crippen molar-refractivity contribution >= 4 is 34.5 Å². The van der Waals surface area contributed by atoms with Crippen molar-refractivity contribution in [2.75, 3.05) is 6.54 Å². The quantitative estimate of drug-likeness (QED) is 0.648. The van der Waals surface area contributed by atoms with Gasteiger partial charge in [-0.1, -0.05) is 11.6 Å². The fraction of sp³-hybridized carbons (Fsp3) is 0.375. The smallest absolute Gasteiger partial charge is 0.270 e. The molecular formula is C16H16ClN3O3S. The van der Waals surface area contributed by atoms with Crippen molar-refractivity contribution in [1.29, 1.82) is 0 Å². The highest BCUT2D eigenvalue weighted by Crippen LogP contribution is 2.27. The molecule has 6 nitrogen and oxygen atoms in total. The first-order chi connectivity index (χ1) is 11.5. The van der Waals surface area contributed by atoms with Gasteiger partial charge in [-0.2, -0.15) is 0 Å². The zero-order valence-electron chi connectivity index (χ0n) is 12.9. The molecule has 0 fully saturated rings. The lowest BCUT2D eigenvalue weighted by molar-refractivity contribution is -0.384. The number of thiazole rings is 1. The van der Waals surface area contributed by atoms with Crippen molar-refractivity contribution in [1.82, 2.24) is 10.3 Å². The van der Waals surface area contributed by atoms with Crippen molar-refractivity contribution in [3.63, 3.8) is 0 Å². The van der Waals surface area contributed by atoms with Gasteiger partial charge in [0.05, 0.1) is 26.2 Å². The average Bonchev–Trinajstić information content (AvgIpc) is 2.97. The van der Waals surface area contributed by atoms with Crippen LogP contribution in [-0.4, -0.2) is 22.4 Å². The number of halogens is 1. The van der Waals surface area contributed by atoms with Gasteiger partial charge in [-0.05, 0) is 31.7 Å². The fourth-order valence-corrected chi connectivity index (χ4v) is 4.05. The molecule has 0 saturated carbocycles. The highest BCUT2D eigenvalue weighted by molar-refractivity contribution is 7.11. The number of carbonyl (C=O) groups is 1. The Morgan fingerprint density at radius 3 is 2.92 bits per heavy atom. The summed E-state index contributed by atoms with van der Waals surface area (Å²) in [5.41, 5.74) is 1.16. The summed E-state index contributed by atoms with van der Waals surface area (Å²) in [6.45, 7) is 0.421. The minimum absolute atomic E-state index is 0.115. The second-order valence-electron chi connectivity index (χ2n) is 5.61. The van der Waals surface area contributed by atoms with Gasteiger partial charge in [-0.15, -0.1) is 11.3 Å². The SMILES string of the molecule is O=C(NCCc1nc2c(s1)CCCC2)c1cc([N+](=O)[O-])ccc1Cl. The molecule has 8 heteroatoms. The number of aromatic nitrogens is 1. The summed E-state index contributed by atoms with van der Waals surface area (Å²) in [5, 5.41) is 14.8. The van der Waals surface area contributed by atoms with Crippen molar-refractivity contribution < 1.29 is 9.72 Å². The first-order valence-electron chi connectivity index (χ1n) is 7.74. The first-order valence-corrected chi connectivity index (χ1v) is 8.93. The van der Waals surface area contributed by atoms with Crippen LogP contribution in [0.5, 0.6) is 0 Å². The first kappa shape index (κ1) is 16.9. The minimum atomic E-state index is -0.548. The van der Waals surface area contributed by atoms with Crippen LogP contribution in [0.25, 0.3) is 0 Å². The molecule has 0 aliphatic heterocycles. The molecule has 0 saturated heterocycles. The van der Waals surface area contributed by atoms with Gasteiger partial charge in [-0.25, -0.2) is 4.98 Å². The normalized spacial score (nSPS) is 13.4. The third kappa shape index (κ3) is 3.73. The predicted octanol–water partition coefficient (Wildman–Crippen LogP) is 3.56. The molecule has 2 aromatic rings. The number of hydrogen-bond donors (Lipinski definition) is 1. The van der Waals surface area contributed by atoms with Gasteiger partial charge < -0.3 is 5.32 Å². The van der Waals surface area contributed by atoms with Crippen LogP contribution < -0.4 is 5.32 Å². The highest BCUT2D eigenvalue weighted by atomic mass is 35.5. The van der Waals surface area contributed by atoms with Gasteiger partial charge in [0.1, 0.15) is 0 Å². The highest BCUT2D eigenvalue weighted by Gasteiger charge is 2.17. The van der Waals surface area contributed by atoms with Gasteiger partial charge in [0.2, 0.25) is 0 Å². The Morgan fingerprint density at radius 2 is 2.17 bits per heavy atom. The number of benzene rings is 1. The van der Waals surface area contributed by atoms with Gasteiger partial charge in [0.25, 0.3) is 11.6 Å². The van der Waals surface area contributed by atoms with E-state index in [4.69, 9.17) is 11.6 Å². The van der Waals surface area contributed by atoms with E-state index in [2.05, 4.69) is 10.3 Å². The molecule has 0 atom stereocenters. The number of fused-ring (bicyclic) bond motifs is 1.